The minimum Gasteiger partial charge on any atom is -0.439 e. The normalized spacial score (nSPS) is 16.9. The lowest BCUT2D eigenvalue weighted by atomic mass is 10.2. The number of benzene rings is 1. The molecule has 1 aromatic carbocycles. The molecular formula is C18H24N4O2. The van der Waals surface area contributed by atoms with E-state index in [0.717, 1.165) is 43.4 Å². The zero-order chi connectivity index (χ0) is 17.1. The number of urea groups is 1. The van der Waals surface area contributed by atoms with E-state index in [1.54, 1.807) is 25.2 Å². The van der Waals surface area contributed by atoms with Crippen LogP contribution in [-0.2, 0) is 0 Å². The van der Waals surface area contributed by atoms with Gasteiger partial charge in [0.15, 0.2) is 5.76 Å². The Kier molecular flexibility index (Phi) is 4.85. The topological polar surface area (TPSA) is 52.8 Å². The molecule has 6 nitrogen and oxygen atoms in total. The van der Waals surface area contributed by atoms with Crippen LogP contribution in [0.2, 0.25) is 0 Å². The highest BCUT2D eigenvalue weighted by molar-refractivity contribution is 5.73. The minimum absolute atomic E-state index is 0.0739. The maximum atomic E-state index is 12.0. The molecule has 2 aromatic rings. The van der Waals surface area contributed by atoms with Gasteiger partial charge in [0.25, 0.3) is 0 Å². The molecule has 1 aliphatic heterocycles. The van der Waals surface area contributed by atoms with Crippen LogP contribution in [0.15, 0.2) is 40.9 Å². The number of hydrogen-bond donors (Lipinski definition) is 0. The molecule has 2 amide bonds. The molecule has 0 bridgehead atoms. The van der Waals surface area contributed by atoms with Crippen molar-refractivity contribution in [3.05, 3.63) is 42.4 Å². The molecule has 128 valence electrons. The standard InChI is InChI=1S/C18H24N4O2/c1-14(21-9-11-22(12-10-21)18(23)20(2)3)17-19-13-16(24-17)15-7-5-4-6-8-15/h4-8,13-14H,9-12H2,1-3H3/t14-/m0/s1. The predicted octanol–water partition coefficient (Wildman–Crippen LogP) is 2.70. The van der Waals surface area contributed by atoms with Gasteiger partial charge in [0, 0.05) is 45.8 Å². The molecule has 0 aliphatic carbocycles. The van der Waals surface area contributed by atoms with E-state index in [1.165, 1.54) is 0 Å². The summed E-state index contributed by atoms with van der Waals surface area (Å²) in [6.45, 7) is 5.21. The first-order valence-corrected chi connectivity index (χ1v) is 8.27. The number of carbonyl (C=O) groups is 1. The molecule has 0 saturated carbocycles. The van der Waals surface area contributed by atoms with Gasteiger partial charge >= 0.3 is 6.03 Å². The van der Waals surface area contributed by atoms with Gasteiger partial charge in [0.2, 0.25) is 5.89 Å². The van der Waals surface area contributed by atoms with Gasteiger partial charge in [-0.3, -0.25) is 4.90 Å². The predicted molar refractivity (Wildman–Crippen MR) is 92.6 cm³/mol. The number of nitrogens with zero attached hydrogens (tertiary/aromatic N) is 4. The van der Waals surface area contributed by atoms with Crippen molar-refractivity contribution in [1.82, 2.24) is 19.7 Å². The lowest BCUT2D eigenvalue weighted by Crippen LogP contribution is -2.51. The number of aromatic nitrogens is 1. The summed E-state index contributed by atoms with van der Waals surface area (Å²) in [5.41, 5.74) is 1.03. The average molecular weight is 328 g/mol. The van der Waals surface area contributed by atoms with Crippen LogP contribution in [0.3, 0.4) is 0 Å². The highest BCUT2D eigenvalue weighted by Crippen LogP contribution is 2.26. The fourth-order valence-corrected chi connectivity index (χ4v) is 2.96. The van der Waals surface area contributed by atoms with E-state index in [2.05, 4.69) is 16.8 Å². The highest BCUT2D eigenvalue weighted by Gasteiger charge is 2.27. The Balaban J connectivity index is 1.63. The van der Waals surface area contributed by atoms with Gasteiger partial charge in [0.05, 0.1) is 12.2 Å². The second-order valence-corrected chi connectivity index (χ2v) is 6.30. The van der Waals surface area contributed by atoms with Gasteiger partial charge in [-0.15, -0.1) is 0 Å². The van der Waals surface area contributed by atoms with Crippen LogP contribution in [0, 0.1) is 0 Å². The molecule has 0 N–H and O–H groups in total. The molecule has 1 atom stereocenters. The Morgan fingerprint density at radius 2 is 1.83 bits per heavy atom. The summed E-state index contributed by atoms with van der Waals surface area (Å²) < 4.78 is 5.96. The van der Waals surface area contributed by atoms with E-state index < -0.39 is 0 Å². The Hall–Kier alpha value is -2.34. The van der Waals surface area contributed by atoms with Crippen LogP contribution in [-0.4, -0.2) is 66.0 Å². The van der Waals surface area contributed by atoms with E-state index in [-0.39, 0.29) is 12.1 Å². The fourth-order valence-electron chi connectivity index (χ4n) is 2.96. The van der Waals surface area contributed by atoms with E-state index in [9.17, 15) is 4.79 Å². The summed E-state index contributed by atoms with van der Waals surface area (Å²) in [5, 5.41) is 0. The third-order valence-corrected chi connectivity index (χ3v) is 4.45. The van der Waals surface area contributed by atoms with Crippen molar-refractivity contribution in [2.75, 3.05) is 40.3 Å². The summed E-state index contributed by atoms with van der Waals surface area (Å²) in [7, 11) is 3.57. The lowest BCUT2D eigenvalue weighted by molar-refractivity contribution is 0.0940. The van der Waals surface area contributed by atoms with Crippen molar-refractivity contribution >= 4 is 6.03 Å². The molecule has 3 rings (SSSR count). The maximum Gasteiger partial charge on any atom is 0.319 e. The Morgan fingerprint density at radius 1 is 1.17 bits per heavy atom. The van der Waals surface area contributed by atoms with Crippen LogP contribution >= 0.6 is 0 Å². The van der Waals surface area contributed by atoms with Gasteiger partial charge in [0.1, 0.15) is 0 Å². The third kappa shape index (κ3) is 3.43. The SMILES string of the molecule is C[C@@H](c1ncc(-c2ccccc2)o1)N1CCN(C(=O)N(C)C)CC1. The summed E-state index contributed by atoms with van der Waals surface area (Å²) in [6.07, 6.45) is 1.78. The molecular weight excluding hydrogens is 304 g/mol. The molecule has 1 aromatic heterocycles. The molecule has 1 fully saturated rings. The van der Waals surface area contributed by atoms with E-state index in [1.807, 2.05) is 35.2 Å². The zero-order valence-electron chi connectivity index (χ0n) is 14.5. The second kappa shape index (κ2) is 7.05. The van der Waals surface area contributed by atoms with Gasteiger partial charge in [-0.25, -0.2) is 9.78 Å². The van der Waals surface area contributed by atoms with E-state index in [4.69, 9.17) is 4.42 Å². The largest absolute Gasteiger partial charge is 0.439 e. The summed E-state index contributed by atoms with van der Waals surface area (Å²) in [5.74, 6) is 1.51. The maximum absolute atomic E-state index is 12.0. The Bertz CT molecular complexity index is 675. The van der Waals surface area contributed by atoms with E-state index in [0.29, 0.717) is 0 Å². The minimum atomic E-state index is 0.0739. The van der Waals surface area contributed by atoms with Crippen molar-refractivity contribution in [3.8, 4) is 11.3 Å². The smallest absolute Gasteiger partial charge is 0.319 e. The van der Waals surface area contributed by atoms with Crippen LogP contribution in [0.1, 0.15) is 18.9 Å². The summed E-state index contributed by atoms with van der Waals surface area (Å²) >= 11 is 0. The summed E-state index contributed by atoms with van der Waals surface area (Å²) in [6, 6.07) is 10.2. The van der Waals surface area contributed by atoms with Crippen LogP contribution < -0.4 is 0 Å². The number of oxazole rings is 1. The molecule has 2 heterocycles. The lowest BCUT2D eigenvalue weighted by Gasteiger charge is -2.37. The number of piperazine rings is 1. The number of amides is 2. The quantitative estimate of drug-likeness (QED) is 0.869. The average Bonchev–Trinajstić information content (AvgIpc) is 3.11. The highest BCUT2D eigenvalue weighted by atomic mass is 16.4. The molecule has 24 heavy (non-hydrogen) atoms. The van der Waals surface area contributed by atoms with Gasteiger partial charge in [-0.1, -0.05) is 30.3 Å². The Labute approximate surface area is 142 Å². The van der Waals surface area contributed by atoms with Crippen molar-refractivity contribution in [2.45, 2.75) is 13.0 Å². The van der Waals surface area contributed by atoms with Gasteiger partial charge in [-0.05, 0) is 6.92 Å². The number of carbonyl (C=O) groups excluding carboxylic acids is 1. The number of hydrogen-bond acceptors (Lipinski definition) is 4. The summed E-state index contributed by atoms with van der Waals surface area (Å²) in [4.78, 5) is 22.3. The van der Waals surface area contributed by atoms with Crippen LogP contribution in [0.25, 0.3) is 11.3 Å². The number of rotatable bonds is 3. The van der Waals surface area contributed by atoms with Gasteiger partial charge < -0.3 is 14.2 Å². The van der Waals surface area contributed by atoms with Crippen LogP contribution in [0.5, 0.6) is 0 Å². The van der Waals surface area contributed by atoms with Crippen LogP contribution in [0.4, 0.5) is 4.79 Å². The van der Waals surface area contributed by atoms with Crippen molar-refractivity contribution in [2.24, 2.45) is 0 Å². The first-order chi connectivity index (χ1) is 11.6. The van der Waals surface area contributed by atoms with Crippen molar-refractivity contribution in [1.29, 1.82) is 0 Å². The third-order valence-electron chi connectivity index (χ3n) is 4.45. The molecule has 1 saturated heterocycles. The van der Waals surface area contributed by atoms with E-state index >= 15 is 0 Å². The second-order valence-electron chi connectivity index (χ2n) is 6.30. The molecule has 0 radical (unpaired) electrons. The van der Waals surface area contributed by atoms with Gasteiger partial charge in [-0.2, -0.15) is 0 Å². The van der Waals surface area contributed by atoms with Crippen molar-refractivity contribution in [3.63, 3.8) is 0 Å². The molecule has 1 aliphatic rings. The zero-order valence-corrected chi connectivity index (χ0v) is 14.5. The monoisotopic (exact) mass is 328 g/mol. The molecule has 0 unspecified atom stereocenters. The van der Waals surface area contributed by atoms with Crippen molar-refractivity contribution < 1.29 is 9.21 Å². The first-order valence-electron chi connectivity index (χ1n) is 8.27. The first kappa shape index (κ1) is 16.5. The Morgan fingerprint density at radius 3 is 2.46 bits per heavy atom. The fraction of sp³-hybridized carbons (Fsp3) is 0.444. The molecule has 0 spiro atoms. The molecule has 6 heteroatoms.